The molecule has 0 aliphatic rings. The van der Waals surface area contributed by atoms with Crippen LogP contribution in [0, 0.1) is 0 Å². The Bertz CT molecular complexity index is 1060. The topological polar surface area (TPSA) is 49.4 Å². The lowest BCUT2D eigenvalue weighted by Gasteiger charge is -2.29. The number of nitrogens with zero attached hydrogens (tertiary/aromatic N) is 1. The van der Waals surface area contributed by atoms with Crippen molar-refractivity contribution in [2.24, 2.45) is 0 Å². The van der Waals surface area contributed by atoms with Crippen LogP contribution < -0.4 is 5.32 Å². The number of benzene rings is 3. The minimum atomic E-state index is -0.582. The summed E-state index contributed by atoms with van der Waals surface area (Å²) in [6, 6.07) is 21.2. The molecule has 0 heterocycles. The van der Waals surface area contributed by atoms with Gasteiger partial charge in [-0.3, -0.25) is 9.59 Å². The Morgan fingerprint density at radius 1 is 0.968 bits per heavy atom. The number of halogens is 1. The van der Waals surface area contributed by atoms with Crippen LogP contribution in [0.3, 0.4) is 0 Å². The predicted octanol–water partition coefficient (Wildman–Crippen LogP) is 5.37. The summed E-state index contributed by atoms with van der Waals surface area (Å²) < 4.78 is 0. The molecule has 0 aliphatic heterocycles. The lowest BCUT2D eigenvalue weighted by atomic mass is 10.0. The molecule has 0 aliphatic carbocycles. The van der Waals surface area contributed by atoms with Crippen molar-refractivity contribution in [3.8, 4) is 0 Å². The summed E-state index contributed by atoms with van der Waals surface area (Å²) in [4.78, 5) is 27.6. The zero-order chi connectivity index (χ0) is 22.4. The van der Waals surface area contributed by atoms with Crippen LogP contribution in [-0.2, 0) is 22.6 Å². The van der Waals surface area contributed by atoms with Crippen LogP contribution in [0.5, 0.6) is 0 Å². The van der Waals surface area contributed by atoms with E-state index in [2.05, 4.69) is 29.6 Å². The molecule has 3 aromatic carbocycles. The van der Waals surface area contributed by atoms with Crippen LogP contribution in [0.1, 0.15) is 38.3 Å². The zero-order valence-electron chi connectivity index (χ0n) is 18.3. The third kappa shape index (κ3) is 6.08. The van der Waals surface area contributed by atoms with Crippen LogP contribution >= 0.6 is 11.6 Å². The highest BCUT2D eigenvalue weighted by molar-refractivity contribution is 6.30. The largest absolute Gasteiger partial charge is 0.352 e. The third-order valence-corrected chi connectivity index (χ3v) is 5.56. The lowest BCUT2D eigenvalue weighted by molar-refractivity contribution is -0.140. The number of carbonyl (C=O) groups is 2. The van der Waals surface area contributed by atoms with E-state index in [1.807, 2.05) is 50.2 Å². The smallest absolute Gasteiger partial charge is 0.242 e. The standard InChI is InChI=1S/C26H29ClN2O2/c1-18(2)28-26(31)19(3)29(17-20-8-6-12-23(27)16-20)25(30)15-14-22-11-7-10-21-9-4-5-13-24(21)22/h4-13,16,18-19H,14-15,17H2,1-3H3,(H,28,31). The second-order valence-electron chi connectivity index (χ2n) is 8.13. The fourth-order valence-corrected chi connectivity index (χ4v) is 3.93. The van der Waals surface area contributed by atoms with Gasteiger partial charge in [0.15, 0.2) is 0 Å². The molecule has 0 saturated carbocycles. The maximum Gasteiger partial charge on any atom is 0.242 e. The van der Waals surface area contributed by atoms with E-state index < -0.39 is 6.04 Å². The Labute approximate surface area is 189 Å². The van der Waals surface area contributed by atoms with Crippen LogP contribution in [0.4, 0.5) is 0 Å². The molecule has 31 heavy (non-hydrogen) atoms. The first-order chi connectivity index (χ1) is 14.8. The lowest BCUT2D eigenvalue weighted by Crippen LogP contribution is -2.49. The molecule has 1 N–H and O–H groups in total. The quantitative estimate of drug-likeness (QED) is 0.516. The van der Waals surface area contributed by atoms with Crippen molar-refractivity contribution in [3.63, 3.8) is 0 Å². The van der Waals surface area contributed by atoms with Gasteiger partial charge in [-0.25, -0.2) is 0 Å². The summed E-state index contributed by atoms with van der Waals surface area (Å²) in [5, 5.41) is 5.84. The van der Waals surface area contributed by atoms with Crippen LogP contribution in [-0.4, -0.2) is 28.8 Å². The van der Waals surface area contributed by atoms with Crippen LogP contribution in [0.25, 0.3) is 10.8 Å². The van der Waals surface area contributed by atoms with E-state index in [9.17, 15) is 9.59 Å². The van der Waals surface area contributed by atoms with E-state index in [1.165, 1.54) is 0 Å². The molecule has 162 valence electrons. The monoisotopic (exact) mass is 436 g/mol. The molecule has 0 saturated heterocycles. The van der Waals surface area contributed by atoms with Crippen molar-refractivity contribution in [2.75, 3.05) is 0 Å². The number of hydrogen-bond acceptors (Lipinski definition) is 2. The maximum atomic E-state index is 13.3. The third-order valence-electron chi connectivity index (χ3n) is 5.33. The van der Waals surface area contributed by atoms with E-state index in [0.29, 0.717) is 24.4 Å². The number of amides is 2. The Morgan fingerprint density at radius 3 is 2.42 bits per heavy atom. The van der Waals surface area contributed by atoms with E-state index >= 15 is 0 Å². The van der Waals surface area contributed by atoms with Gasteiger partial charge >= 0.3 is 0 Å². The minimum Gasteiger partial charge on any atom is -0.352 e. The molecule has 1 unspecified atom stereocenters. The summed E-state index contributed by atoms with van der Waals surface area (Å²) in [7, 11) is 0. The summed E-state index contributed by atoms with van der Waals surface area (Å²) in [5.74, 6) is -0.213. The van der Waals surface area contributed by atoms with Crippen molar-refractivity contribution in [1.82, 2.24) is 10.2 Å². The highest BCUT2D eigenvalue weighted by atomic mass is 35.5. The Morgan fingerprint density at radius 2 is 1.68 bits per heavy atom. The number of hydrogen-bond donors (Lipinski definition) is 1. The average Bonchev–Trinajstić information content (AvgIpc) is 2.75. The molecule has 0 radical (unpaired) electrons. The van der Waals surface area contributed by atoms with Gasteiger partial charge in [-0.1, -0.05) is 66.2 Å². The molecule has 1 atom stereocenters. The summed E-state index contributed by atoms with van der Waals surface area (Å²) >= 11 is 6.13. The molecule has 0 aromatic heterocycles. The number of aryl methyl sites for hydroxylation is 1. The van der Waals surface area contributed by atoms with Gasteiger partial charge in [-0.2, -0.15) is 0 Å². The van der Waals surface area contributed by atoms with Crippen molar-refractivity contribution < 1.29 is 9.59 Å². The van der Waals surface area contributed by atoms with Gasteiger partial charge in [0.2, 0.25) is 11.8 Å². The fourth-order valence-electron chi connectivity index (χ4n) is 3.72. The van der Waals surface area contributed by atoms with Crippen LogP contribution in [0.15, 0.2) is 66.7 Å². The van der Waals surface area contributed by atoms with E-state index in [0.717, 1.165) is 21.9 Å². The molecule has 3 rings (SSSR count). The van der Waals surface area contributed by atoms with Gasteiger partial charge in [-0.05, 0) is 61.2 Å². The summed E-state index contributed by atoms with van der Waals surface area (Å²) in [5.41, 5.74) is 2.03. The SMILES string of the molecule is CC(C)NC(=O)C(C)N(Cc1cccc(Cl)c1)C(=O)CCc1cccc2ccccc12. The van der Waals surface area contributed by atoms with E-state index in [-0.39, 0.29) is 17.9 Å². The van der Waals surface area contributed by atoms with E-state index in [1.54, 1.807) is 17.9 Å². The predicted molar refractivity (Wildman–Crippen MR) is 127 cm³/mol. The van der Waals surface area contributed by atoms with Gasteiger partial charge < -0.3 is 10.2 Å². The normalized spacial score (nSPS) is 12.0. The molecule has 5 heteroatoms. The number of nitrogens with one attached hydrogen (secondary N) is 1. The molecule has 4 nitrogen and oxygen atoms in total. The number of carbonyl (C=O) groups excluding carboxylic acids is 2. The number of fused-ring (bicyclic) bond motifs is 1. The first-order valence-corrected chi connectivity index (χ1v) is 11.0. The molecule has 0 spiro atoms. The number of rotatable bonds is 8. The Kier molecular flexibility index (Phi) is 7.69. The molecule has 0 fully saturated rings. The van der Waals surface area contributed by atoms with Crippen molar-refractivity contribution in [3.05, 3.63) is 82.9 Å². The highest BCUT2D eigenvalue weighted by Crippen LogP contribution is 2.21. The van der Waals surface area contributed by atoms with Gasteiger partial charge in [-0.15, -0.1) is 0 Å². The Balaban J connectivity index is 1.79. The molecule has 0 bridgehead atoms. The highest BCUT2D eigenvalue weighted by Gasteiger charge is 2.26. The van der Waals surface area contributed by atoms with Crippen molar-refractivity contribution in [1.29, 1.82) is 0 Å². The first-order valence-electron chi connectivity index (χ1n) is 10.7. The second kappa shape index (κ2) is 10.5. The average molecular weight is 437 g/mol. The second-order valence-corrected chi connectivity index (χ2v) is 8.57. The summed E-state index contributed by atoms with van der Waals surface area (Å²) in [6.07, 6.45) is 0.943. The molecular weight excluding hydrogens is 408 g/mol. The fraction of sp³-hybridized carbons (Fsp3) is 0.308. The van der Waals surface area contributed by atoms with Crippen molar-refractivity contribution in [2.45, 2.75) is 52.2 Å². The minimum absolute atomic E-state index is 0.00811. The van der Waals surface area contributed by atoms with E-state index in [4.69, 9.17) is 11.6 Å². The first kappa shape index (κ1) is 22.8. The van der Waals surface area contributed by atoms with Gasteiger partial charge in [0, 0.05) is 24.0 Å². The summed E-state index contributed by atoms with van der Waals surface area (Å²) in [6.45, 7) is 5.93. The molecule has 3 aromatic rings. The van der Waals surface area contributed by atoms with Gasteiger partial charge in [0.05, 0.1) is 0 Å². The van der Waals surface area contributed by atoms with Gasteiger partial charge in [0.1, 0.15) is 6.04 Å². The Hall–Kier alpha value is -2.85. The van der Waals surface area contributed by atoms with Crippen molar-refractivity contribution >= 4 is 34.2 Å². The van der Waals surface area contributed by atoms with Gasteiger partial charge in [0.25, 0.3) is 0 Å². The zero-order valence-corrected chi connectivity index (χ0v) is 19.0. The van der Waals surface area contributed by atoms with Crippen LogP contribution in [0.2, 0.25) is 5.02 Å². The molecular formula is C26H29ClN2O2. The molecule has 2 amide bonds. The maximum absolute atomic E-state index is 13.3.